The van der Waals surface area contributed by atoms with Crippen LogP contribution >= 0.6 is 0 Å². The molecule has 0 aromatic carbocycles. The second kappa shape index (κ2) is 5.36. The molecule has 0 aromatic heterocycles. The van der Waals surface area contributed by atoms with Crippen LogP contribution in [0.1, 0.15) is 25.7 Å². The van der Waals surface area contributed by atoms with Gasteiger partial charge in [0.05, 0.1) is 12.5 Å². The van der Waals surface area contributed by atoms with Gasteiger partial charge in [0, 0.05) is 12.5 Å². The number of amides is 1. The molecule has 13 heavy (non-hydrogen) atoms. The first-order chi connectivity index (χ1) is 6.34. The van der Waals surface area contributed by atoms with Gasteiger partial charge >= 0.3 is 0 Å². The molecular formula is C10H14N2O. The maximum Gasteiger partial charge on any atom is 0.223 e. The number of carbonyl (C=O) groups is 1. The van der Waals surface area contributed by atoms with Crippen LogP contribution in [0.2, 0.25) is 0 Å². The van der Waals surface area contributed by atoms with E-state index in [4.69, 9.17) is 5.26 Å². The molecule has 0 bridgehead atoms. The molecule has 3 heteroatoms. The fourth-order valence-corrected chi connectivity index (χ4v) is 1.42. The minimum Gasteiger partial charge on any atom is -0.355 e. The lowest BCUT2D eigenvalue weighted by Crippen LogP contribution is -2.31. The van der Waals surface area contributed by atoms with E-state index >= 15 is 0 Å². The average Bonchev–Trinajstić information content (AvgIpc) is 2.19. The van der Waals surface area contributed by atoms with Gasteiger partial charge in [0.1, 0.15) is 0 Å². The first-order valence-electron chi connectivity index (χ1n) is 4.64. The first kappa shape index (κ1) is 9.79. The summed E-state index contributed by atoms with van der Waals surface area (Å²) in [7, 11) is 0. The Hall–Kier alpha value is -1.30. The monoisotopic (exact) mass is 178 g/mol. The lowest BCUT2D eigenvalue weighted by molar-refractivity contribution is -0.125. The molecule has 3 nitrogen and oxygen atoms in total. The van der Waals surface area contributed by atoms with Gasteiger partial charge in [-0.2, -0.15) is 5.26 Å². The van der Waals surface area contributed by atoms with Gasteiger partial charge in [0.2, 0.25) is 5.91 Å². The van der Waals surface area contributed by atoms with Crippen LogP contribution in [0.3, 0.4) is 0 Å². The third-order valence-corrected chi connectivity index (χ3v) is 2.18. The van der Waals surface area contributed by atoms with Gasteiger partial charge in [-0.1, -0.05) is 12.2 Å². The van der Waals surface area contributed by atoms with E-state index < -0.39 is 0 Å². The highest BCUT2D eigenvalue weighted by Gasteiger charge is 2.17. The molecule has 0 radical (unpaired) electrons. The molecule has 0 saturated carbocycles. The highest BCUT2D eigenvalue weighted by molar-refractivity contribution is 5.78. The Morgan fingerprint density at radius 3 is 3.08 bits per heavy atom. The van der Waals surface area contributed by atoms with Crippen LogP contribution in [0, 0.1) is 17.2 Å². The van der Waals surface area contributed by atoms with Gasteiger partial charge in [-0.3, -0.25) is 4.79 Å². The molecule has 0 heterocycles. The standard InChI is InChI=1S/C10H14N2O/c11-7-4-8-12-10(13)9-5-2-1-3-6-9/h1-2,9H,3-6,8H2,(H,12,13). The van der Waals surface area contributed by atoms with Crippen molar-refractivity contribution in [1.29, 1.82) is 5.26 Å². The molecule has 1 N–H and O–H groups in total. The van der Waals surface area contributed by atoms with E-state index in [0.717, 1.165) is 19.3 Å². The number of nitrogens with one attached hydrogen (secondary N) is 1. The van der Waals surface area contributed by atoms with Crippen molar-refractivity contribution in [1.82, 2.24) is 5.32 Å². The minimum absolute atomic E-state index is 0.0969. The van der Waals surface area contributed by atoms with Crippen LogP contribution in [-0.2, 0) is 4.79 Å². The molecule has 0 aromatic rings. The third kappa shape index (κ3) is 3.29. The molecule has 1 unspecified atom stereocenters. The predicted octanol–water partition coefficient (Wildman–Crippen LogP) is 1.37. The Morgan fingerprint density at radius 2 is 2.46 bits per heavy atom. The molecule has 1 aliphatic rings. The fourth-order valence-electron chi connectivity index (χ4n) is 1.42. The average molecular weight is 178 g/mol. The molecule has 0 fully saturated rings. The summed E-state index contributed by atoms with van der Waals surface area (Å²) in [5, 5.41) is 11.0. The Balaban J connectivity index is 2.23. The summed E-state index contributed by atoms with van der Waals surface area (Å²) >= 11 is 0. The van der Waals surface area contributed by atoms with Gasteiger partial charge in [0.25, 0.3) is 0 Å². The Labute approximate surface area is 78.4 Å². The summed E-state index contributed by atoms with van der Waals surface area (Å²) in [5.74, 6) is 0.225. The van der Waals surface area contributed by atoms with Gasteiger partial charge in [-0.05, 0) is 19.3 Å². The number of nitriles is 1. The Morgan fingerprint density at radius 1 is 1.62 bits per heavy atom. The molecule has 1 rings (SSSR count). The van der Waals surface area contributed by atoms with Crippen molar-refractivity contribution in [3.8, 4) is 6.07 Å². The number of hydrogen-bond donors (Lipinski definition) is 1. The zero-order chi connectivity index (χ0) is 9.52. The number of nitrogens with zero attached hydrogens (tertiary/aromatic N) is 1. The maximum atomic E-state index is 11.4. The summed E-state index contributed by atoms with van der Waals surface area (Å²) in [5.41, 5.74) is 0. The van der Waals surface area contributed by atoms with Crippen LogP contribution in [0.15, 0.2) is 12.2 Å². The van der Waals surface area contributed by atoms with E-state index in [1.165, 1.54) is 0 Å². The predicted molar refractivity (Wildman–Crippen MR) is 49.7 cm³/mol. The second-order valence-electron chi connectivity index (χ2n) is 3.18. The molecule has 1 aliphatic carbocycles. The van der Waals surface area contributed by atoms with Gasteiger partial charge in [-0.25, -0.2) is 0 Å². The Kier molecular flexibility index (Phi) is 4.04. The normalized spacial score (nSPS) is 20.7. The molecule has 0 saturated heterocycles. The highest BCUT2D eigenvalue weighted by atomic mass is 16.1. The van der Waals surface area contributed by atoms with Crippen molar-refractivity contribution in [3.05, 3.63) is 12.2 Å². The smallest absolute Gasteiger partial charge is 0.223 e. The zero-order valence-electron chi connectivity index (χ0n) is 7.62. The van der Waals surface area contributed by atoms with Crippen LogP contribution in [-0.4, -0.2) is 12.5 Å². The summed E-state index contributed by atoms with van der Waals surface area (Å²) in [4.78, 5) is 11.4. The van der Waals surface area contributed by atoms with Crippen LogP contribution < -0.4 is 5.32 Å². The highest BCUT2D eigenvalue weighted by Crippen LogP contribution is 2.17. The number of allylic oxidation sites excluding steroid dienone is 2. The van der Waals surface area contributed by atoms with Crippen LogP contribution in [0.4, 0.5) is 0 Å². The van der Waals surface area contributed by atoms with E-state index in [-0.39, 0.29) is 11.8 Å². The van der Waals surface area contributed by atoms with Crippen molar-refractivity contribution >= 4 is 5.91 Å². The Bertz CT molecular complexity index is 240. The summed E-state index contributed by atoms with van der Waals surface area (Å²) in [6.07, 6.45) is 7.34. The van der Waals surface area contributed by atoms with E-state index in [9.17, 15) is 4.79 Å². The van der Waals surface area contributed by atoms with Gasteiger partial charge < -0.3 is 5.32 Å². The number of carbonyl (C=O) groups excluding carboxylic acids is 1. The maximum absolute atomic E-state index is 11.4. The van der Waals surface area contributed by atoms with Crippen LogP contribution in [0.5, 0.6) is 0 Å². The van der Waals surface area contributed by atoms with Crippen molar-refractivity contribution < 1.29 is 4.79 Å². The molecule has 70 valence electrons. The largest absolute Gasteiger partial charge is 0.355 e. The lowest BCUT2D eigenvalue weighted by atomic mass is 9.94. The van der Waals surface area contributed by atoms with Crippen molar-refractivity contribution in [2.45, 2.75) is 25.7 Å². The van der Waals surface area contributed by atoms with Crippen molar-refractivity contribution in [3.63, 3.8) is 0 Å². The van der Waals surface area contributed by atoms with E-state index in [0.29, 0.717) is 13.0 Å². The fraction of sp³-hybridized carbons (Fsp3) is 0.600. The third-order valence-electron chi connectivity index (χ3n) is 2.18. The van der Waals surface area contributed by atoms with Gasteiger partial charge in [-0.15, -0.1) is 0 Å². The lowest BCUT2D eigenvalue weighted by Gasteiger charge is -2.16. The summed E-state index contributed by atoms with van der Waals surface area (Å²) in [6, 6.07) is 2.00. The molecule has 1 atom stereocenters. The van der Waals surface area contributed by atoms with E-state index in [1.807, 2.05) is 6.07 Å². The van der Waals surface area contributed by atoms with Crippen LogP contribution in [0.25, 0.3) is 0 Å². The van der Waals surface area contributed by atoms with E-state index in [1.54, 1.807) is 0 Å². The topological polar surface area (TPSA) is 52.9 Å². The zero-order valence-corrected chi connectivity index (χ0v) is 7.62. The van der Waals surface area contributed by atoms with Crippen molar-refractivity contribution in [2.75, 3.05) is 6.54 Å². The number of hydrogen-bond acceptors (Lipinski definition) is 2. The minimum atomic E-state index is 0.0969. The summed E-state index contributed by atoms with van der Waals surface area (Å²) in [6.45, 7) is 0.482. The number of rotatable bonds is 3. The second-order valence-corrected chi connectivity index (χ2v) is 3.18. The van der Waals surface area contributed by atoms with Crippen molar-refractivity contribution in [2.24, 2.45) is 5.92 Å². The molecule has 0 spiro atoms. The van der Waals surface area contributed by atoms with Gasteiger partial charge in [0.15, 0.2) is 0 Å². The summed E-state index contributed by atoms with van der Waals surface area (Å²) < 4.78 is 0. The first-order valence-corrected chi connectivity index (χ1v) is 4.64. The molecular weight excluding hydrogens is 164 g/mol. The SMILES string of the molecule is N#CCCNC(=O)C1CC=CCC1. The molecule has 1 amide bonds. The molecule has 0 aliphatic heterocycles. The van der Waals surface area contributed by atoms with E-state index in [2.05, 4.69) is 17.5 Å². The quantitative estimate of drug-likeness (QED) is 0.524.